The number of sulfone groups is 1. The van der Waals surface area contributed by atoms with Crippen molar-refractivity contribution in [3.8, 4) is 17.4 Å². The summed E-state index contributed by atoms with van der Waals surface area (Å²) in [5.74, 6) is -0.124. The second-order valence-corrected chi connectivity index (χ2v) is 8.48. The average Bonchev–Trinajstić information content (AvgIpc) is 3.25. The number of amides is 1. The Morgan fingerprint density at radius 3 is 2.57 bits per heavy atom. The maximum atomic E-state index is 12.2. The van der Waals surface area contributed by atoms with E-state index in [0.717, 1.165) is 0 Å². The number of benzene rings is 1. The van der Waals surface area contributed by atoms with Gasteiger partial charge in [0.25, 0.3) is 11.6 Å². The van der Waals surface area contributed by atoms with Crippen LogP contribution in [0.4, 0.5) is 5.69 Å². The molecule has 0 spiro atoms. The maximum absolute atomic E-state index is 12.2. The van der Waals surface area contributed by atoms with Crippen molar-refractivity contribution in [2.45, 2.75) is 12.5 Å². The summed E-state index contributed by atoms with van der Waals surface area (Å²) in [6.07, 6.45) is 1.57. The Hall–Kier alpha value is -3.45. The zero-order valence-electron chi connectivity index (χ0n) is 14.5. The lowest BCUT2D eigenvalue weighted by atomic mass is 10.1. The zero-order chi connectivity index (χ0) is 20.3. The summed E-state index contributed by atoms with van der Waals surface area (Å²) in [5, 5.41) is 22.5. The Morgan fingerprint density at radius 1 is 1.29 bits per heavy atom. The van der Waals surface area contributed by atoms with Gasteiger partial charge in [-0.2, -0.15) is 5.26 Å². The molecule has 3 rings (SSSR count). The molecule has 2 aromatic rings. The smallest absolute Gasteiger partial charge is 0.269 e. The van der Waals surface area contributed by atoms with Gasteiger partial charge in [0.15, 0.2) is 9.84 Å². The molecule has 1 aromatic heterocycles. The fourth-order valence-electron chi connectivity index (χ4n) is 2.80. The molecule has 9 nitrogen and oxygen atoms in total. The molecule has 1 amide bonds. The molecule has 1 atom stereocenters. The number of nitro groups is 1. The Morgan fingerprint density at radius 2 is 2.00 bits per heavy atom. The zero-order valence-corrected chi connectivity index (χ0v) is 15.3. The molecule has 0 aliphatic carbocycles. The fraction of sp³-hybridized carbons (Fsp3) is 0.222. The first-order chi connectivity index (χ1) is 13.3. The average molecular weight is 401 g/mol. The normalized spacial score (nSPS) is 18.4. The van der Waals surface area contributed by atoms with Crippen molar-refractivity contribution in [1.29, 1.82) is 5.26 Å². The van der Waals surface area contributed by atoms with E-state index < -0.39 is 26.7 Å². The van der Waals surface area contributed by atoms with Crippen LogP contribution in [-0.4, -0.2) is 36.8 Å². The second-order valence-electron chi connectivity index (χ2n) is 6.25. The van der Waals surface area contributed by atoms with Gasteiger partial charge in [-0.15, -0.1) is 0 Å². The third kappa shape index (κ3) is 4.44. The Bertz CT molecular complexity index is 1090. The van der Waals surface area contributed by atoms with E-state index in [1.807, 2.05) is 0 Å². The Kier molecular flexibility index (Phi) is 5.28. The highest BCUT2D eigenvalue weighted by Crippen LogP contribution is 2.25. The minimum atomic E-state index is -3.15. The largest absolute Gasteiger partial charge is 0.457 e. The number of carbonyl (C=O) groups is 1. The molecular formula is C18H15N3O6S. The second kappa shape index (κ2) is 7.66. The summed E-state index contributed by atoms with van der Waals surface area (Å²) in [5.41, 5.74) is 0.339. The summed E-state index contributed by atoms with van der Waals surface area (Å²) in [7, 11) is -3.15. The lowest BCUT2D eigenvalue weighted by Gasteiger charge is -2.09. The predicted octanol–water partition coefficient (Wildman–Crippen LogP) is 2.07. The molecule has 1 aliphatic rings. The molecular weight excluding hydrogens is 386 g/mol. The number of nitriles is 1. The minimum absolute atomic E-state index is 0.0142. The van der Waals surface area contributed by atoms with Crippen LogP contribution in [-0.2, 0) is 14.6 Å². The Balaban J connectivity index is 1.74. The molecule has 0 saturated carbocycles. The van der Waals surface area contributed by atoms with Gasteiger partial charge in [0.05, 0.1) is 16.4 Å². The Labute approximate surface area is 160 Å². The van der Waals surface area contributed by atoms with Crippen LogP contribution in [0.25, 0.3) is 17.4 Å². The first-order valence-corrected chi connectivity index (χ1v) is 10.1. The number of nitrogens with one attached hydrogen (secondary N) is 1. The van der Waals surface area contributed by atoms with Gasteiger partial charge in [-0.05, 0) is 30.7 Å². The van der Waals surface area contributed by atoms with Crippen LogP contribution in [0, 0.1) is 21.4 Å². The SMILES string of the molecule is N#C/C(=C\c1ccc(-c2ccc([N+](=O)[O-])cc2)o1)C(=O)N[C@H]1CCS(=O)(=O)C1. The van der Waals surface area contributed by atoms with Gasteiger partial charge in [-0.25, -0.2) is 8.42 Å². The van der Waals surface area contributed by atoms with E-state index in [2.05, 4.69) is 5.32 Å². The summed E-state index contributed by atoms with van der Waals surface area (Å²) in [4.78, 5) is 22.4. The number of rotatable bonds is 5. The van der Waals surface area contributed by atoms with Crippen LogP contribution in [0.1, 0.15) is 12.2 Å². The van der Waals surface area contributed by atoms with E-state index in [0.29, 0.717) is 17.7 Å². The third-order valence-electron chi connectivity index (χ3n) is 4.21. The standard InChI is InChI=1S/C18H15N3O6S/c19-10-13(18(22)20-14-7-8-28(25,26)11-14)9-16-5-6-17(27-16)12-1-3-15(4-2-12)21(23)24/h1-6,9,14H,7-8,11H2,(H,20,22)/b13-9+/t14-/m0/s1. The van der Waals surface area contributed by atoms with Gasteiger partial charge in [0.2, 0.25) is 0 Å². The molecule has 1 fully saturated rings. The number of furan rings is 1. The van der Waals surface area contributed by atoms with Crippen LogP contribution in [0.15, 0.2) is 46.4 Å². The van der Waals surface area contributed by atoms with Gasteiger partial charge < -0.3 is 9.73 Å². The maximum Gasteiger partial charge on any atom is 0.269 e. The lowest BCUT2D eigenvalue weighted by molar-refractivity contribution is -0.384. The highest BCUT2D eigenvalue weighted by molar-refractivity contribution is 7.91. The number of nitrogens with zero attached hydrogens (tertiary/aromatic N) is 2. The summed E-state index contributed by atoms with van der Waals surface area (Å²) in [6.45, 7) is 0. The van der Waals surface area contributed by atoms with Crippen molar-refractivity contribution in [1.82, 2.24) is 5.32 Å². The monoisotopic (exact) mass is 401 g/mol. The van der Waals surface area contributed by atoms with E-state index in [1.165, 1.54) is 30.3 Å². The molecule has 0 unspecified atom stereocenters. The molecule has 10 heteroatoms. The highest BCUT2D eigenvalue weighted by atomic mass is 32.2. The van der Waals surface area contributed by atoms with Gasteiger partial charge >= 0.3 is 0 Å². The van der Waals surface area contributed by atoms with E-state index in [-0.39, 0.29) is 28.5 Å². The predicted molar refractivity (Wildman–Crippen MR) is 99.6 cm³/mol. The number of hydrogen-bond acceptors (Lipinski definition) is 7. The molecule has 1 aliphatic heterocycles. The quantitative estimate of drug-likeness (QED) is 0.349. The van der Waals surface area contributed by atoms with E-state index in [9.17, 15) is 28.6 Å². The number of hydrogen-bond donors (Lipinski definition) is 1. The number of nitro benzene ring substituents is 1. The molecule has 1 saturated heterocycles. The van der Waals surface area contributed by atoms with Crippen molar-refractivity contribution in [2.75, 3.05) is 11.5 Å². The third-order valence-corrected chi connectivity index (χ3v) is 5.98. The van der Waals surface area contributed by atoms with Crippen molar-refractivity contribution in [2.24, 2.45) is 0 Å². The molecule has 0 radical (unpaired) electrons. The van der Waals surface area contributed by atoms with Gasteiger partial charge in [0, 0.05) is 29.8 Å². The van der Waals surface area contributed by atoms with Crippen LogP contribution in [0.2, 0.25) is 0 Å². The molecule has 1 aromatic carbocycles. The van der Waals surface area contributed by atoms with Crippen molar-refractivity contribution in [3.05, 3.63) is 57.8 Å². The van der Waals surface area contributed by atoms with Crippen molar-refractivity contribution in [3.63, 3.8) is 0 Å². The fourth-order valence-corrected chi connectivity index (χ4v) is 4.47. The molecule has 28 heavy (non-hydrogen) atoms. The van der Waals surface area contributed by atoms with Gasteiger partial charge in [-0.3, -0.25) is 14.9 Å². The summed E-state index contributed by atoms with van der Waals surface area (Å²) >= 11 is 0. The number of non-ortho nitro benzene ring substituents is 1. The summed E-state index contributed by atoms with van der Waals surface area (Å²) < 4.78 is 28.5. The minimum Gasteiger partial charge on any atom is -0.457 e. The summed E-state index contributed by atoms with van der Waals surface area (Å²) in [6, 6.07) is 10.2. The van der Waals surface area contributed by atoms with E-state index in [4.69, 9.17) is 4.42 Å². The van der Waals surface area contributed by atoms with Crippen LogP contribution in [0.3, 0.4) is 0 Å². The van der Waals surface area contributed by atoms with Gasteiger partial charge in [-0.1, -0.05) is 0 Å². The molecule has 1 N–H and O–H groups in total. The highest BCUT2D eigenvalue weighted by Gasteiger charge is 2.29. The first kappa shape index (κ1) is 19.3. The topological polar surface area (TPSA) is 143 Å². The van der Waals surface area contributed by atoms with Crippen molar-refractivity contribution >= 4 is 27.5 Å². The molecule has 0 bridgehead atoms. The van der Waals surface area contributed by atoms with Crippen LogP contribution < -0.4 is 5.32 Å². The van der Waals surface area contributed by atoms with Gasteiger partial charge in [0.1, 0.15) is 23.2 Å². The molecule has 144 valence electrons. The van der Waals surface area contributed by atoms with Crippen LogP contribution >= 0.6 is 0 Å². The van der Waals surface area contributed by atoms with Crippen molar-refractivity contribution < 1.29 is 22.6 Å². The van der Waals surface area contributed by atoms with E-state index >= 15 is 0 Å². The first-order valence-electron chi connectivity index (χ1n) is 8.25. The van der Waals surface area contributed by atoms with Crippen LogP contribution in [0.5, 0.6) is 0 Å². The van der Waals surface area contributed by atoms with E-state index in [1.54, 1.807) is 18.2 Å². The molecule has 2 heterocycles. The lowest BCUT2D eigenvalue weighted by Crippen LogP contribution is -2.36. The number of carbonyl (C=O) groups excluding carboxylic acids is 1.